The Labute approximate surface area is 204 Å². The van der Waals surface area contributed by atoms with Crippen LogP contribution < -0.4 is 10.6 Å². The van der Waals surface area contributed by atoms with E-state index in [1.54, 1.807) is 29.3 Å². The van der Waals surface area contributed by atoms with Crippen molar-refractivity contribution in [3.8, 4) is 11.3 Å². The minimum Gasteiger partial charge on any atom is -0.377 e. The Bertz CT molecular complexity index is 1090. The summed E-state index contributed by atoms with van der Waals surface area (Å²) < 4.78 is 26.1. The van der Waals surface area contributed by atoms with Gasteiger partial charge in [-0.25, -0.2) is 18.4 Å². The maximum absolute atomic E-state index is 12.6. The maximum Gasteiger partial charge on any atom is 0.252 e. The number of benzene rings is 1. The highest BCUT2D eigenvalue weighted by atomic mass is 35.5. The van der Waals surface area contributed by atoms with Crippen molar-refractivity contribution in [2.45, 2.75) is 43.8 Å². The molecular weight excluding hydrogens is 488 g/mol. The molecule has 2 aromatic rings. The molecule has 10 nitrogen and oxygen atoms in total. The number of hydrogen-bond acceptors (Lipinski definition) is 10. The van der Waals surface area contributed by atoms with Crippen molar-refractivity contribution < 1.29 is 18.6 Å². The van der Waals surface area contributed by atoms with Gasteiger partial charge in [-0.15, -0.1) is 15.3 Å². The molecule has 182 valence electrons. The molecular formula is C20H29ClN6O4S2. The van der Waals surface area contributed by atoms with Crippen LogP contribution in [-0.4, -0.2) is 80.8 Å². The van der Waals surface area contributed by atoms with Crippen molar-refractivity contribution in [3.63, 3.8) is 0 Å². The summed E-state index contributed by atoms with van der Waals surface area (Å²) >= 11 is 9.66. The predicted octanol–water partition coefficient (Wildman–Crippen LogP) is 1.22. The van der Waals surface area contributed by atoms with Gasteiger partial charge in [-0.3, -0.25) is 10.2 Å². The average Bonchev–Trinajstić information content (AvgIpc) is 2.95. The van der Waals surface area contributed by atoms with E-state index in [0.717, 1.165) is 14.8 Å². The monoisotopic (exact) mass is 516 g/mol. The highest BCUT2D eigenvalue weighted by Crippen LogP contribution is 2.27. The lowest BCUT2D eigenvalue weighted by molar-refractivity contribution is -0.0191. The first-order chi connectivity index (χ1) is 15.5. The first kappa shape index (κ1) is 26.1. The number of aryl methyl sites for hydroxylation is 1. The quantitative estimate of drug-likeness (QED) is 0.246. The van der Waals surface area contributed by atoms with Gasteiger partial charge in [0.15, 0.2) is 6.35 Å². The van der Waals surface area contributed by atoms with Gasteiger partial charge in [0.05, 0.1) is 16.1 Å². The van der Waals surface area contributed by atoms with E-state index in [0.29, 0.717) is 24.7 Å². The fraction of sp³-hybridized carbons (Fsp3) is 0.500. The second kappa shape index (κ2) is 10.4. The predicted molar refractivity (Wildman–Crippen MR) is 130 cm³/mol. The standard InChI is InChI=1S/C20H29ClN6O4S2/c1-13-12-14(33(30,31)27(32)10-7-21)4-5-15(13)16-6-8-22-18(24-16)23-9-11-26-19(29)25-17(28)20(26,2)3/h4-6,8,12,17,19,25,28-29,32H,7,9-11H2,1-3H3,(H,22,23,24). The zero-order chi connectivity index (χ0) is 24.4. The molecule has 0 aliphatic carbocycles. The largest absolute Gasteiger partial charge is 0.377 e. The van der Waals surface area contributed by atoms with Gasteiger partial charge in [-0.2, -0.15) is 0 Å². The molecule has 2 unspecified atom stereocenters. The molecule has 1 fully saturated rings. The van der Waals surface area contributed by atoms with Crippen LogP contribution in [0.5, 0.6) is 0 Å². The molecule has 1 aliphatic heterocycles. The molecule has 1 aromatic heterocycles. The molecule has 0 radical (unpaired) electrons. The van der Waals surface area contributed by atoms with Crippen LogP contribution in [0.3, 0.4) is 0 Å². The van der Waals surface area contributed by atoms with Crippen molar-refractivity contribution in [1.82, 2.24) is 23.9 Å². The Morgan fingerprint density at radius 3 is 2.67 bits per heavy atom. The van der Waals surface area contributed by atoms with Crippen molar-refractivity contribution in [2.24, 2.45) is 0 Å². The van der Waals surface area contributed by atoms with Crippen molar-refractivity contribution in [2.75, 3.05) is 30.8 Å². The number of sulfonamides is 1. The van der Waals surface area contributed by atoms with Crippen molar-refractivity contribution in [3.05, 3.63) is 36.0 Å². The van der Waals surface area contributed by atoms with Gasteiger partial charge < -0.3 is 15.5 Å². The zero-order valence-electron chi connectivity index (χ0n) is 18.6. The number of nitrogens with zero attached hydrogens (tertiary/aromatic N) is 4. The van der Waals surface area contributed by atoms with Gasteiger partial charge in [-0.05, 0) is 44.5 Å². The molecule has 0 amide bonds. The van der Waals surface area contributed by atoms with E-state index in [4.69, 9.17) is 11.6 Å². The lowest BCUT2D eigenvalue weighted by Gasteiger charge is -2.33. The van der Waals surface area contributed by atoms with Crippen LogP contribution in [0.15, 0.2) is 35.4 Å². The third kappa shape index (κ3) is 5.60. The number of thiol groups is 1. The maximum atomic E-state index is 12.6. The molecule has 13 heteroatoms. The number of rotatable bonds is 9. The number of halogens is 1. The second-order valence-electron chi connectivity index (χ2n) is 8.20. The van der Waals surface area contributed by atoms with Crippen molar-refractivity contribution >= 4 is 40.4 Å². The summed E-state index contributed by atoms with van der Waals surface area (Å²) in [5, 5.41) is 25.9. The minimum atomic E-state index is -3.75. The lowest BCUT2D eigenvalue weighted by Crippen LogP contribution is -2.49. The van der Waals surface area contributed by atoms with Gasteiger partial charge in [0, 0.05) is 37.3 Å². The second-order valence-corrected chi connectivity index (χ2v) is 11.2. The number of aliphatic hydroxyl groups is 2. The Hall–Kier alpha value is -1.51. The minimum absolute atomic E-state index is 0.0927. The summed E-state index contributed by atoms with van der Waals surface area (Å²) in [6.07, 6.45) is -0.171. The fourth-order valence-corrected chi connectivity index (χ4v) is 5.51. The SMILES string of the molecule is Cc1cc(S(=O)(=O)N(S)CCCl)ccc1-c1ccnc(NCCN2C(O)NC(O)C2(C)C)n1. The molecule has 3 rings (SSSR count). The van der Waals surface area contributed by atoms with E-state index >= 15 is 0 Å². The van der Waals surface area contributed by atoms with E-state index in [1.807, 2.05) is 20.8 Å². The van der Waals surface area contributed by atoms with Gasteiger partial charge in [0.2, 0.25) is 5.95 Å². The van der Waals surface area contributed by atoms with Crippen LogP contribution in [-0.2, 0) is 10.0 Å². The number of anilines is 1. The molecule has 0 spiro atoms. The summed E-state index contributed by atoms with van der Waals surface area (Å²) in [6, 6.07) is 6.53. The molecule has 0 bridgehead atoms. The highest BCUT2D eigenvalue weighted by molar-refractivity contribution is 7.99. The van der Waals surface area contributed by atoms with Gasteiger partial charge in [0.1, 0.15) is 6.23 Å². The van der Waals surface area contributed by atoms with E-state index in [1.165, 1.54) is 6.07 Å². The molecule has 2 heterocycles. The van der Waals surface area contributed by atoms with Crippen LogP contribution >= 0.6 is 24.4 Å². The fourth-order valence-electron chi connectivity index (χ4n) is 3.60. The van der Waals surface area contributed by atoms with Crippen molar-refractivity contribution in [1.29, 1.82) is 0 Å². The average molecular weight is 517 g/mol. The summed E-state index contributed by atoms with van der Waals surface area (Å²) in [4.78, 5) is 10.6. The summed E-state index contributed by atoms with van der Waals surface area (Å²) in [5.41, 5.74) is 1.51. The smallest absolute Gasteiger partial charge is 0.252 e. The number of nitrogens with one attached hydrogen (secondary N) is 2. The molecule has 1 aromatic carbocycles. The highest BCUT2D eigenvalue weighted by Gasteiger charge is 2.45. The third-order valence-corrected chi connectivity index (χ3v) is 8.23. The molecule has 1 saturated heterocycles. The van der Waals surface area contributed by atoms with E-state index in [9.17, 15) is 18.6 Å². The number of hydrogen-bond donors (Lipinski definition) is 5. The van der Waals surface area contributed by atoms with Crippen LogP contribution in [0.2, 0.25) is 0 Å². The van der Waals surface area contributed by atoms with Crippen LogP contribution in [0, 0.1) is 6.92 Å². The molecule has 33 heavy (non-hydrogen) atoms. The number of alkyl halides is 1. The number of aliphatic hydroxyl groups excluding tert-OH is 2. The molecule has 2 atom stereocenters. The van der Waals surface area contributed by atoms with Crippen LogP contribution in [0.25, 0.3) is 11.3 Å². The number of aromatic nitrogens is 2. The molecule has 0 saturated carbocycles. The zero-order valence-corrected chi connectivity index (χ0v) is 21.1. The Morgan fingerprint density at radius 2 is 2.06 bits per heavy atom. The first-order valence-electron chi connectivity index (χ1n) is 10.3. The molecule has 1 aliphatic rings. The Balaban J connectivity index is 1.72. The lowest BCUT2D eigenvalue weighted by atomic mass is 10.0. The van der Waals surface area contributed by atoms with Crippen LogP contribution in [0.1, 0.15) is 19.4 Å². The summed E-state index contributed by atoms with van der Waals surface area (Å²) in [7, 11) is -3.75. The Morgan fingerprint density at radius 1 is 1.33 bits per heavy atom. The summed E-state index contributed by atoms with van der Waals surface area (Å²) in [6.45, 7) is 6.46. The first-order valence-corrected chi connectivity index (χ1v) is 12.7. The summed E-state index contributed by atoms with van der Waals surface area (Å²) in [5.74, 6) is 0.536. The van der Waals surface area contributed by atoms with E-state index in [2.05, 4.69) is 33.4 Å². The van der Waals surface area contributed by atoms with E-state index < -0.39 is 28.1 Å². The van der Waals surface area contributed by atoms with Gasteiger partial charge in [0.25, 0.3) is 10.0 Å². The van der Waals surface area contributed by atoms with E-state index in [-0.39, 0.29) is 17.3 Å². The van der Waals surface area contributed by atoms with Gasteiger partial charge in [-0.1, -0.05) is 18.9 Å². The normalized spacial score (nSPS) is 21.0. The van der Waals surface area contributed by atoms with Gasteiger partial charge >= 0.3 is 0 Å². The van der Waals surface area contributed by atoms with Crippen LogP contribution in [0.4, 0.5) is 5.95 Å². The third-order valence-electron chi connectivity index (χ3n) is 5.63. The Kier molecular flexibility index (Phi) is 8.23. The topological polar surface area (TPSA) is 131 Å². The molecule has 4 N–H and O–H groups in total.